The van der Waals surface area contributed by atoms with E-state index in [0.29, 0.717) is 19.3 Å². The summed E-state index contributed by atoms with van der Waals surface area (Å²) < 4.78 is 11.6. The molecule has 3 aliphatic rings. The molecule has 3 fully saturated rings. The fraction of sp³-hybridized carbons (Fsp3) is 0.552. The lowest BCUT2D eigenvalue weighted by Crippen LogP contribution is -2.51. The van der Waals surface area contributed by atoms with Gasteiger partial charge < -0.3 is 24.6 Å². The van der Waals surface area contributed by atoms with Crippen LogP contribution in [0, 0.1) is 0 Å². The van der Waals surface area contributed by atoms with Gasteiger partial charge in [0.15, 0.2) is 0 Å². The van der Waals surface area contributed by atoms with Crippen LogP contribution in [0.5, 0.6) is 5.75 Å². The normalized spacial score (nSPS) is 22.9. The number of benzene rings is 1. The molecule has 5 rings (SSSR count). The Balaban J connectivity index is 1.12. The first kappa shape index (κ1) is 26.4. The Morgan fingerprint density at radius 2 is 1.84 bits per heavy atom. The molecule has 0 spiro atoms. The van der Waals surface area contributed by atoms with Crippen LogP contribution in [0.4, 0.5) is 5.82 Å². The van der Waals surface area contributed by atoms with Crippen molar-refractivity contribution < 1.29 is 19.1 Å². The number of hydrogen-bond acceptors (Lipinski definition) is 7. The minimum absolute atomic E-state index is 0.0259. The van der Waals surface area contributed by atoms with Gasteiger partial charge in [0.1, 0.15) is 17.7 Å². The van der Waals surface area contributed by atoms with E-state index in [1.165, 1.54) is 0 Å². The summed E-state index contributed by atoms with van der Waals surface area (Å²) in [4.78, 5) is 36.8. The summed E-state index contributed by atoms with van der Waals surface area (Å²) in [6.45, 7) is 5.31. The molecule has 4 heterocycles. The van der Waals surface area contributed by atoms with Crippen molar-refractivity contribution in [2.45, 2.75) is 50.3 Å². The van der Waals surface area contributed by atoms with Gasteiger partial charge >= 0.3 is 0 Å². The number of carbonyl (C=O) groups excluding carboxylic acids is 2. The van der Waals surface area contributed by atoms with E-state index in [9.17, 15) is 9.59 Å². The highest BCUT2D eigenvalue weighted by atomic mass is 16.5. The molecule has 2 aromatic rings. The maximum Gasteiger partial charge on any atom is 0.237 e. The number of nitrogens with zero attached hydrogens (tertiary/aromatic N) is 4. The number of rotatable bonds is 8. The molecule has 0 saturated carbocycles. The topological polar surface area (TPSA) is 87.2 Å². The van der Waals surface area contributed by atoms with Gasteiger partial charge in [-0.1, -0.05) is 18.2 Å². The summed E-state index contributed by atoms with van der Waals surface area (Å²) in [6.07, 6.45) is 5.43. The summed E-state index contributed by atoms with van der Waals surface area (Å²) in [5.41, 5.74) is 1.14. The molecule has 204 valence electrons. The number of para-hydroxylation sites is 1. The summed E-state index contributed by atoms with van der Waals surface area (Å²) in [5.74, 6) is 2.03. The number of piperidine rings is 1. The number of morpholine rings is 1. The SMILES string of the molecule is CNC(=O)[C@@H]1C[C@H](Oc2ccccc2)CN1C1CCN(C(=O)CCc2ccnc(N3CCOCC3)c2)CC1. The molecule has 0 bridgehead atoms. The number of likely N-dealkylation sites (N-methyl/N-ethyl adjacent to an activating group) is 1. The third-order valence-corrected chi connectivity index (χ3v) is 7.95. The molecule has 1 aromatic heterocycles. The molecule has 3 saturated heterocycles. The molecule has 0 unspecified atom stereocenters. The lowest BCUT2D eigenvalue weighted by atomic mass is 10.0. The van der Waals surface area contributed by atoms with Crippen LogP contribution in [0.2, 0.25) is 0 Å². The zero-order valence-corrected chi connectivity index (χ0v) is 22.3. The second-order valence-corrected chi connectivity index (χ2v) is 10.3. The summed E-state index contributed by atoms with van der Waals surface area (Å²) in [5, 5.41) is 2.83. The van der Waals surface area contributed by atoms with Crippen molar-refractivity contribution in [3.63, 3.8) is 0 Å². The molecule has 2 amide bonds. The number of nitrogens with one attached hydrogen (secondary N) is 1. The Kier molecular flexibility index (Phi) is 8.75. The Morgan fingerprint density at radius 3 is 2.58 bits per heavy atom. The van der Waals surface area contributed by atoms with E-state index >= 15 is 0 Å². The third-order valence-electron chi connectivity index (χ3n) is 7.95. The zero-order valence-electron chi connectivity index (χ0n) is 22.3. The van der Waals surface area contributed by atoms with Gasteiger partial charge in [-0.25, -0.2) is 4.98 Å². The highest BCUT2D eigenvalue weighted by Gasteiger charge is 2.42. The molecule has 0 radical (unpaired) electrons. The number of carbonyl (C=O) groups is 2. The van der Waals surface area contributed by atoms with Crippen molar-refractivity contribution in [2.24, 2.45) is 0 Å². The highest BCUT2D eigenvalue weighted by Crippen LogP contribution is 2.29. The summed E-state index contributed by atoms with van der Waals surface area (Å²) in [6, 6.07) is 14.0. The molecule has 9 nitrogen and oxygen atoms in total. The largest absolute Gasteiger partial charge is 0.489 e. The molecular formula is C29H39N5O4. The van der Waals surface area contributed by atoms with Gasteiger partial charge in [0.2, 0.25) is 11.8 Å². The molecule has 2 atom stereocenters. The van der Waals surface area contributed by atoms with Crippen molar-refractivity contribution in [1.29, 1.82) is 0 Å². The maximum absolute atomic E-state index is 13.0. The van der Waals surface area contributed by atoms with Crippen molar-refractivity contribution in [2.75, 3.05) is 57.9 Å². The van der Waals surface area contributed by atoms with Gasteiger partial charge in [-0.3, -0.25) is 14.5 Å². The number of hydrogen-bond donors (Lipinski definition) is 1. The standard InChI is InChI=1S/C29H39N5O4/c1-30-29(36)26-20-25(38-24-5-3-2-4-6-24)21-34(26)23-10-13-33(14-11-23)28(35)8-7-22-9-12-31-27(19-22)32-15-17-37-18-16-32/h2-6,9,12,19,23,25-26H,7-8,10-11,13-18,20-21H2,1H3,(H,30,36)/t25-,26-/m0/s1. The minimum Gasteiger partial charge on any atom is -0.489 e. The van der Waals surface area contributed by atoms with E-state index in [2.05, 4.69) is 26.2 Å². The second-order valence-electron chi connectivity index (χ2n) is 10.3. The van der Waals surface area contributed by atoms with E-state index in [0.717, 1.165) is 75.9 Å². The van der Waals surface area contributed by atoms with E-state index in [1.54, 1.807) is 7.05 Å². The Morgan fingerprint density at radius 1 is 1.08 bits per heavy atom. The zero-order chi connectivity index (χ0) is 26.3. The van der Waals surface area contributed by atoms with Crippen LogP contribution < -0.4 is 15.0 Å². The van der Waals surface area contributed by atoms with Crippen molar-refractivity contribution in [3.05, 3.63) is 54.2 Å². The quantitative estimate of drug-likeness (QED) is 0.569. The third kappa shape index (κ3) is 6.45. The van der Waals surface area contributed by atoms with E-state index in [4.69, 9.17) is 9.47 Å². The van der Waals surface area contributed by atoms with E-state index < -0.39 is 0 Å². The van der Waals surface area contributed by atoms with Crippen molar-refractivity contribution in [1.82, 2.24) is 20.1 Å². The van der Waals surface area contributed by atoms with Crippen LogP contribution in [0.15, 0.2) is 48.7 Å². The Hall–Kier alpha value is -3.17. The van der Waals surface area contributed by atoms with Crippen LogP contribution in [0.25, 0.3) is 0 Å². The maximum atomic E-state index is 13.0. The second kappa shape index (κ2) is 12.6. The molecule has 1 aromatic carbocycles. The van der Waals surface area contributed by atoms with Gasteiger partial charge in [0.25, 0.3) is 0 Å². The van der Waals surface area contributed by atoms with Crippen LogP contribution in [0.1, 0.15) is 31.2 Å². The fourth-order valence-corrected chi connectivity index (χ4v) is 5.86. The Labute approximate surface area is 225 Å². The van der Waals surface area contributed by atoms with E-state index in [1.807, 2.05) is 47.5 Å². The number of amides is 2. The monoisotopic (exact) mass is 521 g/mol. The van der Waals surface area contributed by atoms with Gasteiger partial charge in [-0.2, -0.15) is 0 Å². The summed E-state index contributed by atoms with van der Waals surface area (Å²) >= 11 is 0. The molecule has 0 aliphatic carbocycles. The minimum atomic E-state index is -0.201. The first-order valence-corrected chi connectivity index (χ1v) is 13.8. The van der Waals surface area contributed by atoms with Crippen molar-refractivity contribution >= 4 is 17.6 Å². The van der Waals surface area contributed by atoms with Crippen LogP contribution in [-0.4, -0.2) is 97.8 Å². The highest BCUT2D eigenvalue weighted by molar-refractivity contribution is 5.82. The average Bonchev–Trinajstić information content (AvgIpc) is 3.40. The average molecular weight is 522 g/mol. The lowest BCUT2D eigenvalue weighted by molar-refractivity contribution is -0.133. The van der Waals surface area contributed by atoms with Crippen LogP contribution >= 0.6 is 0 Å². The first-order valence-electron chi connectivity index (χ1n) is 13.8. The summed E-state index contributed by atoms with van der Waals surface area (Å²) in [7, 11) is 1.69. The predicted octanol–water partition coefficient (Wildman–Crippen LogP) is 2.11. The number of ether oxygens (including phenoxy) is 2. The predicted molar refractivity (Wildman–Crippen MR) is 145 cm³/mol. The molecule has 38 heavy (non-hydrogen) atoms. The smallest absolute Gasteiger partial charge is 0.237 e. The Bertz CT molecular complexity index is 1070. The van der Waals surface area contributed by atoms with Gasteiger partial charge in [-0.15, -0.1) is 0 Å². The number of aromatic nitrogens is 1. The molecule has 9 heteroatoms. The van der Waals surface area contributed by atoms with Crippen LogP contribution in [-0.2, 0) is 20.7 Å². The molecule has 1 N–H and O–H groups in total. The van der Waals surface area contributed by atoms with Gasteiger partial charge in [-0.05, 0) is 49.1 Å². The lowest BCUT2D eigenvalue weighted by Gasteiger charge is -2.38. The number of aryl methyl sites for hydroxylation is 1. The molecule has 3 aliphatic heterocycles. The van der Waals surface area contributed by atoms with E-state index in [-0.39, 0.29) is 30.0 Å². The number of anilines is 1. The fourth-order valence-electron chi connectivity index (χ4n) is 5.86. The van der Waals surface area contributed by atoms with Crippen molar-refractivity contribution in [3.8, 4) is 5.75 Å². The van der Waals surface area contributed by atoms with Gasteiger partial charge in [0, 0.05) is 64.9 Å². The number of likely N-dealkylation sites (tertiary alicyclic amines) is 2. The van der Waals surface area contributed by atoms with Crippen LogP contribution in [0.3, 0.4) is 0 Å². The van der Waals surface area contributed by atoms with Gasteiger partial charge in [0.05, 0.1) is 19.3 Å². The first-order chi connectivity index (χ1) is 18.6. The molecular weight excluding hydrogens is 482 g/mol. The number of pyridine rings is 1.